The number of rotatable bonds is 7. The molecule has 0 atom stereocenters. The van der Waals surface area contributed by atoms with Gasteiger partial charge in [-0.2, -0.15) is 5.26 Å². The van der Waals surface area contributed by atoms with E-state index in [2.05, 4.69) is 4.98 Å². The Bertz CT molecular complexity index is 1180. The summed E-state index contributed by atoms with van der Waals surface area (Å²) < 4.78 is 11.3. The first kappa shape index (κ1) is 20.6. The van der Waals surface area contributed by atoms with Crippen molar-refractivity contribution in [3.8, 4) is 40.0 Å². The highest BCUT2D eigenvalue weighted by molar-refractivity contribution is 5.80. The van der Waals surface area contributed by atoms with Gasteiger partial charge in [0.05, 0.1) is 18.1 Å². The molecule has 0 radical (unpaired) electrons. The predicted molar refractivity (Wildman–Crippen MR) is 112 cm³/mol. The number of pyridine rings is 1. The fraction of sp³-hybridized carbons (Fsp3) is 0.182. The summed E-state index contributed by atoms with van der Waals surface area (Å²) in [7, 11) is 0. The molecule has 2 aromatic carbocycles. The molecule has 0 amide bonds. The molecule has 1 heterocycles. The topological polar surface area (TPSA) is 118 Å². The van der Waals surface area contributed by atoms with Crippen molar-refractivity contribution in [2.24, 2.45) is 0 Å². The highest BCUT2D eigenvalue weighted by atomic mass is 16.6. The second-order valence-electron chi connectivity index (χ2n) is 6.24. The average Bonchev–Trinajstić information content (AvgIpc) is 2.74. The molecule has 0 aliphatic rings. The monoisotopic (exact) mass is 405 g/mol. The third-order valence-electron chi connectivity index (χ3n) is 4.39. The van der Waals surface area contributed by atoms with Crippen LogP contribution in [0.3, 0.4) is 0 Å². The highest BCUT2D eigenvalue weighted by Gasteiger charge is 2.17. The number of nitro groups is 1. The molecule has 152 valence electrons. The van der Waals surface area contributed by atoms with E-state index in [-0.39, 0.29) is 11.3 Å². The molecule has 30 heavy (non-hydrogen) atoms. The molecule has 0 unspecified atom stereocenters. The van der Waals surface area contributed by atoms with Crippen LogP contribution in [0, 0.1) is 21.4 Å². The molecule has 1 aromatic heterocycles. The number of nitrogens with zero attached hydrogens (tertiary/aromatic N) is 2. The fourth-order valence-corrected chi connectivity index (χ4v) is 3.06. The first-order valence-corrected chi connectivity index (χ1v) is 9.30. The van der Waals surface area contributed by atoms with E-state index in [1.807, 2.05) is 19.9 Å². The molecular formula is C22H19N3O5. The van der Waals surface area contributed by atoms with Gasteiger partial charge in [-0.1, -0.05) is 0 Å². The van der Waals surface area contributed by atoms with Crippen molar-refractivity contribution in [3.05, 3.63) is 74.6 Å². The van der Waals surface area contributed by atoms with Crippen LogP contribution in [-0.4, -0.2) is 23.1 Å². The van der Waals surface area contributed by atoms with Crippen molar-refractivity contribution in [1.29, 1.82) is 5.26 Å². The molecule has 0 bridgehead atoms. The Kier molecular flexibility index (Phi) is 6.13. The Morgan fingerprint density at radius 2 is 1.73 bits per heavy atom. The Morgan fingerprint density at radius 3 is 2.33 bits per heavy atom. The molecule has 0 aliphatic carbocycles. The molecule has 3 rings (SSSR count). The Hall–Kier alpha value is -4.12. The summed E-state index contributed by atoms with van der Waals surface area (Å²) in [5.41, 5.74) is 1.25. The number of aromatic nitrogens is 1. The van der Waals surface area contributed by atoms with Gasteiger partial charge in [0.15, 0.2) is 0 Å². The maximum Gasteiger partial charge on any atom is 0.269 e. The van der Waals surface area contributed by atoms with E-state index in [1.165, 1.54) is 12.1 Å². The maximum absolute atomic E-state index is 12.6. The van der Waals surface area contributed by atoms with Gasteiger partial charge < -0.3 is 14.5 Å². The van der Waals surface area contributed by atoms with Crippen molar-refractivity contribution >= 4 is 5.69 Å². The van der Waals surface area contributed by atoms with Gasteiger partial charge in [0, 0.05) is 29.0 Å². The lowest BCUT2D eigenvalue weighted by molar-refractivity contribution is -0.384. The van der Waals surface area contributed by atoms with E-state index >= 15 is 0 Å². The van der Waals surface area contributed by atoms with E-state index < -0.39 is 10.5 Å². The third kappa shape index (κ3) is 4.15. The number of ether oxygens (including phenoxy) is 2. The summed E-state index contributed by atoms with van der Waals surface area (Å²) in [5.74, 6) is 1.09. The first-order chi connectivity index (χ1) is 14.5. The SMILES string of the molecule is CCOc1ccc(OCC)c(-c2cc(-c3ccc([N+](=O)[O-])cc3)[nH]c(=O)c2C#N)c1. The number of hydrogen-bond donors (Lipinski definition) is 1. The number of non-ortho nitro benzene ring substituents is 1. The van der Waals surface area contributed by atoms with E-state index in [1.54, 1.807) is 36.4 Å². The average molecular weight is 405 g/mol. The lowest BCUT2D eigenvalue weighted by Crippen LogP contribution is -2.13. The van der Waals surface area contributed by atoms with E-state index in [0.717, 1.165) is 0 Å². The quantitative estimate of drug-likeness (QED) is 0.463. The van der Waals surface area contributed by atoms with Crippen molar-refractivity contribution in [1.82, 2.24) is 4.98 Å². The molecule has 8 heteroatoms. The Morgan fingerprint density at radius 1 is 1.03 bits per heavy atom. The highest BCUT2D eigenvalue weighted by Crippen LogP contribution is 2.36. The van der Waals surface area contributed by atoms with Gasteiger partial charge in [-0.15, -0.1) is 0 Å². The van der Waals surface area contributed by atoms with Gasteiger partial charge in [0.25, 0.3) is 11.2 Å². The number of H-pyrrole nitrogens is 1. The van der Waals surface area contributed by atoms with Crippen molar-refractivity contribution in [2.45, 2.75) is 13.8 Å². The minimum Gasteiger partial charge on any atom is -0.494 e. The smallest absolute Gasteiger partial charge is 0.269 e. The van der Waals surface area contributed by atoms with Crippen LogP contribution in [0.1, 0.15) is 19.4 Å². The fourth-order valence-electron chi connectivity index (χ4n) is 3.06. The van der Waals surface area contributed by atoms with Crippen LogP contribution < -0.4 is 15.0 Å². The summed E-state index contributed by atoms with van der Waals surface area (Å²) >= 11 is 0. The van der Waals surface area contributed by atoms with E-state index in [9.17, 15) is 20.2 Å². The van der Waals surface area contributed by atoms with Gasteiger partial charge in [0.1, 0.15) is 23.1 Å². The normalized spacial score (nSPS) is 10.3. The molecule has 3 aromatic rings. The molecule has 0 aliphatic heterocycles. The number of nitro benzene ring substituents is 1. The van der Waals surface area contributed by atoms with Gasteiger partial charge in [0.2, 0.25) is 0 Å². The number of aromatic amines is 1. The predicted octanol–water partition coefficient (Wildman–Crippen LogP) is 4.29. The molecular weight excluding hydrogens is 386 g/mol. The van der Waals surface area contributed by atoms with Gasteiger partial charge in [-0.25, -0.2) is 0 Å². The second kappa shape index (κ2) is 8.92. The molecule has 0 saturated carbocycles. The van der Waals surface area contributed by atoms with Crippen molar-refractivity contribution < 1.29 is 14.4 Å². The van der Waals surface area contributed by atoms with E-state index in [0.29, 0.717) is 47.1 Å². The van der Waals surface area contributed by atoms with Crippen LogP contribution in [0.15, 0.2) is 53.3 Å². The minimum absolute atomic E-state index is 0.0574. The largest absolute Gasteiger partial charge is 0.494 e. The van der Waals surface area contributed by atoms with Crippen molar-refractivity contribution in [3.63, 3.8) is 0 Å². The molecule has 8 nitrogen and oxygen atoms in total. The number of hydrogen-bond acceptors (Lipinski definition) is 6. The zero-order chi connectivity index (χ0) is 21.7. The summed E-state index contributed by atoms with van der Waals surface area (Å²) in [6.45, 7) is 4.56. The summed E-state index contributed by atoms with van der Waals surface area (Å²) in [6, 6.07) is 14.6. The first-order valence-electron chi connectivity index (χ1n) is 9.30. The summed E-state index contributed by atoms with van der Waals surface area (Å²) in [6.07, 6.45) is 0. The van der Waals surface area contributed by atoms with E-state index in [4.69, 9.17) is 9.47 Å². The zero-order valence-electron chi connectivity index (χ0n) is 16.5. The van der Waals surface area contributed by atoms with Crippen molar-refractivity contribution in [2.75, 3.05) is 13.2 Å². The minimum atomic E-state index is -0.562. The standard InChI is InChI=1S/C22H19N3O5/c1-3-29-16-9-10-21(30-4-2)18(11-16)17-12-20(24-22(26)19(17)13-23)14-5-7-15(8-6-14)25(27)28/h5-12H,3-4H2,1-2H3,(H,24,26). The van der Waals surface area contributed by atoms with Crippen LogP contribution in [0.25, 0.3) is 22.4 Å². The Labute approximate surface area is 172 Å². The van der Waals surface area contributed by atoms with Gasteiger partial charge >= 0.3 is 0 Å². The van der Waals surface area contributed by atoms with Gasteiger partial charge in [-0.05, 0) is 55.8 Å². The molecule has 0 saturated heterocycles. The van der Waals surface area contributed by atoms with Crippen LogP contribution in [0.2, 0.25) is 0 Å². The maximum atomic E-state index is 12.6. The lowest BCUT2D eigenvalue weighted by atomic mass is 9.98. The Balaban J connectivity index is 2.22. The number of benzene rings is 2. The zero-order valence-corrected chi connectivity index (χ0v) is 16.5. The summed E-state index contributed by atoms with van der Waals surface area (Å²) in [5, 5.41) is 20.5. The number of nitriles is 1. The third-order valence-corrected chi connectivity index (χ3v) is 4.39. The van der Waals surface area contributed by atoms with Crippen LogP contribution in [-0.2, 0) is 0 Å². The van der Waals surface area contributed by atoms with Crippen LogP contribution in [0.4, 0.5) is 5.69 Å². The molecule has 0 spiro atoms. The second-order valence-corrected chi connectivity index (χ2v) is 6.24. The van der Waals surface area contributed by atoms with Crippen LogP contribution in [0.5, 0.6) is 11.5 Å². The lowest BCUT2D eigenvalue weighted by Gasteiger charge is -2.14. The molecule has 0 fully saturated rings. The summed E-state index contributed by atoms with van der Waals surface area (Å²) in [4.78, 5) is 25.7. The van der Waals surface area contributed by atoms with Gasteiger partial charge in [-0.3, -0.25) is 14.9 Å². The number of nitrogens with one attached hydrogen (secondary N) is 1. The van der Waals surface area contributed by atoms with Crippen LogP contribution >= 0.6 is 0 Å². The molecule has 1 N–H and O–H groups in total.